The van der Waals surface area contributed by atoms with Gasteiger partial charge in [0.25, 0.3) is 0 Å². The highest BCUT2D eigenvalue weighted by atomic mass is 79.9. The highest BCUT2D eigenvalue weighted by molar-refractivity contribution is 9.10. The third-order valence-electron chi connectivity index (χ3n) is 2.75. The Morgan fingerprint density at radius 2 is 2.12 bits per heavy atom. The van der Waals surface area contributed by atoms with E-state index in [2.05, 4.69) is 53.3 Å². The summed E-state index contributed by atoms with van der Waals surface area (Å²) in [5.41, 5.74) is 1.28. The third-order valence-corrected chi connectivity index (χ3v) is 4.92. The molecule has 0 amide bonds. The highest BCUT2D eigenvalue weighted by Crippen LogP contribution is 2.33. The normalized spacial score (nSPS) is 14.6. The monoisotopic (exact) mass is 317 g/mol. The van der Waals surface area contributed by atoms with Crippen molar-refractivity contribution >= 4 is 27.7 Å². The standard InChI is InChI=1S/C13H20BrNOS/c1-9(6-7-16)17-13-5-4-11(8-12(13)14)10(2)15-3/h4-5,8-10,15-16H,6-7H2,1-3H3. The van der Waals surface area contributed by atoms with Crippen molar-refractivity contribution in [1.82, 2.24) is 5.32 Å². The Hall–Kier alpha value is -0.0300. The zero-order valence-electron chi connectivity index (χ0n) is 10.5. The van der Waals surface area contributed by atoms with Crippen LogP contribution in [0.4, 0.5) is 0 Å². The Morgan fingerprint density at radius 1 is 1.41 bits per heavy atom. The predicted molar refractivity (Wildman–Crippen MR) is 78.6 cm³/mol. The summed E-state index contributed by atoms with van der Waals surface area (Å²) in [4.78, 5) is 1.23. The zero-order valence-corrected chi connectivity index (χ0v) is 12.9. The predicted octanol–water partition coefficient (Wildman–Crippen LogP) is 3.59. The van der Waals surface area contributed by atoms with Crippen molar-refractivity contribution < 1.29 is 5.11 Å². The summed E-state index contributed by atoms with van der Waals surface area (Å²) >= 11 is 5.41. The number of nitrogens with one attached hydrogen (secondary N) is 1. The molecule has 1 rings (SSSR count). The van der Waals surface area contributed by atoms with E-state index in [0.717, 1.165) is 10.9 Å². The third kappa shape index (κ3) is 4.62. The average Bonchev–Trinajstić information content (AvgIpc) is 2.31. The molecule has 2 unspecified atom stereocenters. The number of aliphatic hydroxyl groups excluding tert-OH is 1. The summed E-state index contributed by atoms with van der Waals surface area (Å²) in [5.74, 6) is 0. The summed E-state index contributed by atoms with van der Waals surface area (Å²) in [7, 11) is 1.96. The van der Waals surface area contributed by atoms with Crippen molar-refractivity contribution in [3.63, 3.8) is 0 Å². The van der Waals surface area contributed by atoms with Gasteiger partial charge in [0.1, 0.15) is 0 Å². The number of halogens is 1. The van der Waals surface area contributed by atoms with Gasteiger partial charge in [-0.1, -0.05) is 13.0 Å². The molecule has 96 valence electrons. The van der Waals surface area contributed by atoms with E-state index in [0.29, 0.717) is 11.3 Å². The Labute approximate surface area is 116 Å². The molecule has 0 saturated carbocycles. The van der Waals surface area contributed by atoms with Crippen LogP contribution in [0.25, 0.3) is 0 Å². The molecule has 4 heteroatoms. The maximum Gasteiger partial charge on any atom is 0.0441 e. The quantitative estimate of drug-likeness (QED) is 0.786. The van der Waals surface area contributed by atoms with Gasteiger partial charge in [-0.2, -0.15) is 0 Å². The van der Waals surface area contributed by atoms with Crippen molar-refractivity contribution in [2.75, 3.05) is 13.7 Å². The Kier molecular flexibility index (Phi) is 6.55. The molecule has 1 aromatic carbocycles. The molecule has 1 aromatic rings. The highest BCUT2D eigenvalue weighted by Gasteiger charge is 2.09. The van der Waals surface area contributed by atoms with Gasteiger partial charge in [-0.3, -0.25) is 0 Å². The van der Waals surface area contributed by atoms with E-state index < -0.39 is 0 Å². The summed E-state index contributed by atoms with van der Waals surface area (Å²) in [6.07, 6.45) is 0.825. The van der Waals surface area contributed by atoms with Gasteiger partial charge in [-0.25, -0.2) is 0 Å². The van der Waals surface area contributed by atoms with Crippen LogP contribution in [0.3, 0.4) is 0 Å². The van der Waals surface area contributed by atoms with Gasteiger partial charge < -0.3 is 10.4 Å². The van der Waals surface area contributed by atoms with Gasteiger partial charge in [0, 0.05) is 27.3 Å². The van der Waals surface area contributed by atoms with Crippen LogP contribution in [0.2, 0.25) is 0 Å². The van der Waals surface area contributed by atoms with Crippen LogP contribution >= 0.6 is 27.7 Å². The van der Waals surface area contributed by atoms with Crippen LogP contribution in [0.1, 0.15) is 31.9 Å². The molecular weight excluding hydrogens is 298 g/mol. The molecular formula is C13H20BrNOS. The first kappa shape index (κ1) is 15.0. The first-order chi connectivity index (χ1) is 8.08. The van der Waals surface area contributed by atoms with Crippen LogP contribution < -0.4 is 5.32 Å². The molecule has 2 N–H and O–H groups in total. The molecule has 0 fully saturated rings. The SMILES string of the molecule is CNC(C)c1ccc(SC(C)CCO)c(Br)c1. The van der Waals surface area contributed by atoms with E-state index in [-0.39, 0.29) is 6.61 Å². The Morgan fingerprint density at radius 3 is 2.65 bits per heavy atom. The zero-order chi connectivity index (χ0) is 12.8. The molecule has 0 bridgehead atoms. The minimum absolute atomic E-state index is 0.251. The summed E-state index contributed by atoms with van der Waals surface area (Å²) in [6, 6.07) is 6.82. The first-order valence-corrected chi connectivity index (χ1v) is 7.50. The van der Waals surface area contributed by atoms with E-state index >= 15 is 0 Å². The van der Waals surface area contributed by atoms with E-state index in [9.17, 15) is 0 Å². The molecule has 2 atom stereocenters. The van der Waals surface area contributed by atoms with Gasteiger partial charge in [-0.05, 0) is 54.0 Å². The number of benzene rings is 1. The second kappa shape index (κ2) is 7.41. The minimum atomic E-state index is 0.251. The maximum absolute atomic E-state index is 8.90. The molecule has 0 aliphatic heterocycles. The van der Waals surface area contributed by atoms with E-state index in [4.69, 9.17) is 5.11 Å². The Bertz CT molecular complexity index is 359. The minimum Gasteiger partial charge on any atom is -0.396 e. The molecule has 0 aliphatic rings. The van der Waals surface area contributed by atoms with Gasteiger partial charge in [0.05, 0.1) is 0 Å². The summed E-state index contributed by atoms with van der Waals surface area (Å²) < 4.78 is 1.13. The fourth-order valence-corrected chi connectivity index (χ4v) is 3.16. The second-order valence-electron chi connectivity index (χ2n) is 4.14. The lowest BCUT2D eigenvalue weighted by atomic mass is 10.1. The molecule has 0 heterocycles. The largest absolute Gasteiger partial charge is 0.396 e. The molecule has 0 aromatic heterocycles. The van der Waals surface area contributed by atoms with Crippen molar-refractivity contribution in [3.8, 4) is 0 Å². The first-order valence-electron chi connectivity index (χ1n) is 5.82. The molecule has 0 spiro atoms. The van der Waals surface area contributed by atoms with Crippen LogP contribution in [0, 0.1) is 0 Å². The average molecular weight is 318 g/mol. The van der Waals surface area contributed by atoms with Crippen molar-refractivity contribution in [2.24, 2.45) is 0 Å². The van der Waals surface area contributed by atoms with Crippen LogP contribution in [-0.4, -0.2) is 24.0 Å². The summed E-state index contributed by atoms with van der Waals surface area (Å²) in [6.45, 7) is 4.53. The lowest BCUT2D eigenvalue weighted by molar-refractivity contribution is 0.289. The van der Waals surface area contributed by atoms with Gasteiger partial charge in [-0.15, -0.1) is 11.8 Å². The molecule has 0 aliphatic carbocycles. The van der Waals surface area contributed by atoms with Crippen LogP contribution in [0.15, 0.2) is 27.6 Å². The van der Waals surface area contributed by atoms with Crippen LogP contribution in [-0.2, 0) is 0 Å². The molecule has 2 nitrogen and oxygen atoms in total. The Balaban J connectivity index is 2.76. The number of hydrogen-bond acceptors (Lipinski definition) is 3. The van der Waals surface area contributed by atoms with Crippen molar-refractivity contribution in [3.05, 3.63) is 28.2 Å². The van der Waals surface area contributed by atoms with E-state index in [1.54, 1.807) is 11.8 Å². The number of rotatable bonds is 6. The fourth-order valence-electron chi connectivity index (χ4n) is 1.51. The lowest BCUT2D eigenvalue weighted by Crippen LogP contribution is -2.12. The number of thioether (sulfide) groups is 1. The van der Waals surface area contributed by atoms with Gasteiger partial charge in [0.2, 0.25) is 0 Å². The lowest BCUT2D eigenvalue weighted by Gasteiger charge is -2.15. The van der Waals surface area contributed by atoms with Crippen molar-refractivity contribution in [1.29, 1.82) is 0 Å². The number of aliphatic hydroxyl groups is 1. The molecule has 0 saturated heterocycles. The van der Waals surface area contributed by atoms with E-state index in [1.165, 1.54) is 10.5 Å². The topological polar surface area (TPSA) is 32.3 Å². The van der Waals surface area contributed by atoms with E-state index in [1.807, 2.05) is 7.05 Å². The summed E-state index contributed by atoms with van der Waals surface area (Å²) in [5, 5.41) is 12.6. The van der Waals surface area contributed by atoms with Gasteiger partial charge in [0.15, 0.2) is 0 Å². The fraction of sp³-hybridized carbons (Fsp3) is 0.538. The smallest absolute Gasteiger partial charge is 0.0441 e. The maximum atomic E-state index is 8.90. The van der Waals surface area contributed by atoms with Crippen molar-refractivity contribution in [2.45, 2.75) is 36.5 Å². The van der Waals surface area contributed by atoms with Gasteiger partial charge >= 0.3 is 0 Å². The number of hydrogen-bond donors (Lipinski definition) is 2. The molecule has 17 heavy (non-hydrogen) atoms. The van der Waals surface area contributed by atoms with Crippen LogP contribution in [0.5, 0.6) is 0 Å². The molecule has 0 radical (unpaired) electrons. The second-order valence-corrected chi connectivity index (χ2v) is 6.48.